The first kappa shape index (κ1) is 37.1. The van der Waals surface area contributed by atoms with E-state index in [-0.39, 0.29) is 5.56 Å². The Labute approximate surface area is 284 Å². The van der Waals surface area contributed by atoms with Crippen molar-refractivity contribution < 1.29 is 27.9 Å². The summed E-state index contributed by atoms with van der Waals surface area (Å²) in [4.78, 5) is 47.8. The molecule has 1 aliphatic carbocycles. The molecule has 1 aliphatic rings. The summed E-state index contributed by atoms with van der Waals surface area (Å²) in [6.07, 6.45) is 1.51. The number of hydrogen-bond donors (Lipinski definition) is 3. The second kappa shape index (κ2) is 15.2. The van der Waals surface area contributed by atoms with E-state index in [1.165, 1.54) is 0 Å². The number of aromatic amines is 1. The Bertz CT molecular complexity index is 1890. The molecule has 0 unspecified atom stereocenters. The number of H-pyrrole nitrogens is 1. The fourth-order valence-corrected chi connectivity index (χ4v) is 6.97. The molecule has 4 aromatic rings. The molecule has 2 aromatic carbocycles. The van der Waals surface area contributed by atoms with Crippen LogP contribution in [0, 0.1) is 20.8 Å². The molecule has 2 aromatic heterocycles. The number of carbonyl (C=O) groups excluding carboxylic acids is 1. The lowest BCUT2D eigenvalue weighted by molar-refractivity contribution is -0.192. The Hall–Kier alpha value is -4.71. The Morgan fingerprint density at radius 3 is 2.14 bits per heavy atom. The van der Waals surface area contributed by atoms with E-state index in [9.17, 15) is 22.8 Å². The van der Waals surface area contributed by atoms with Crippen molar-refractivity contribution in [3.8, 4) is 11.1 Å². The lowest BCUT2D eigenvalue weighted by Crippen LogP contribution is -2.43. The van der Waals surface area contributed by atoms with Crippen LogP contribution < -0.4 is 16.2 Å². The molecule has 5 rings (SSSR count). The van der Waals surface area contributed by atoms with E-state index in [1.807, 2.05) is 57.2 Å². The van der Waals surface area contributed by atoms with Crippen LogP contribution in [0.4, 0.5) is 18.9 Å². The number of rotatable bonds is 8. The third kappa shape index (κ3) is 8.30. The summed E-state index contributed by atoms with van der Waals surface area (Å²) in [6.45, 7) is 8.88. The van der Waals surface area contributed by atoms with Crippen LogP contribution in [0.5, 0.6) is 0 Å². The summed E-state index contributed by atoms with van der Waals surface area (Å²) < 4.78 is 31.7. The minimum absolute atomic E-state index is 0.0772. The number of primary amides is 1. The Kier molecular flexibility index (Phi) is 11.5. The lowest BCUT2D eigenvalue weighted by Gasteiger charge is -2.41. The standard InChI is InChI=1S/C35H43N5O2.C2HF3O2/c1-7-40(26-15-13-25(14-16-26)39(5)6)33-23(4)29(34(36)41)20-30(27-12-8-10-24-11-9-17-37-32(24)27)31(33)19-28-21(2)18-22(3)38-35(28)42;3-2(4,5)1(6)7/h8-12,17-18,20,25-26H,7,13-16,19H2,1-6H3,(H2,36,41)(H,38,42);(H,6,7). The number of aryl methyl sites for hydroxylation is 2. The predicted molar refractivity (Wildman–Crippen MR) is 186 cm³/mol. The van der Waals surface area contributed by atoms with Gasteiger partial charge in [0.1, 0.15) is 0 Å². The predicted octanol–water partition coefficient (Wildman–Crippen LogP) is 6.54. The fraction of sp³-hybridized carbons (Fsp3) is 0.405. The molecule has 49 heavy (non-hydrogen) atoms. The molecule has 262 valence electrons. The summed E-state index contributed by atoms with van der Waals surface area (Å²) in [6, 6.07) is 15.0. The van der Waals surface area contributed by atoms with Gasteiger partial charge in [0.2, 0.25) is 5.91 Å². The van der Waals surface area contributed by atoms with Gasteiger partial charge >= 0.3 is 12.1 Å². The summed E-state index contributed by atoms with van der Waals surface area (Å²) in [5.74, 6) is -3.21. The number of amides is 1. The highest BCUT2D eigenvalue weighted by atomic mass is 19.4. The second-order valence-corrected chi connectivity index (χ2v) is 12.8. The number of carbonyl (C=O) groups is 2. The normalized spacial score (nSPS) is 16.3. The molecule has 1 fully saturated rings. The van der Waals surface area contributed by atoms with Crippen molar-refractivity contribution in [2.24, 2.45) is 5.73 Å². The molecule has 4 N–H and O–H groups in total. The number of anilines is 1. The van der Waals surface area contributed by atoms with Crippen LogP contribution in [-0.4, -0.2) is 70.8 Å². The lowest BCUT2D eigenvalue weighted by atomic mass is 9.84. The number of carboxylic acid groups (broad SMARTS) is 1. The minimum Gasteiger partial charge on any atom is -0.475 e. The maximum atomic E-state index is 13.4. The second-order valence-electron chi connectivity index (χ2n) is 12.8. The van der Waals surface area contributed by atoms with Gasteiger partial charge in [0.15, 0.2) is 0 Å². The smallest absolute Gasteiger partial charge is 0.475 e. The average molecular weight is 680 g/mol. The molecule has 2 heterocycles. The van der Waals surface area contributed by atoms with Gasteiger partial charge in [-0.25, -0.2) is 4.79 Å². The van der Waals surface area contributed by atoms with Gasteiger partial charge in [-0.3, -0.25) is 14.6 Å². The van der Waals surface area contributed by atoms with Crippen LogP contribution in [0.15, 0.2) is 53.5 Å². The number of carboxylic acids is 1. The number of para-hydroxylation sites is 1. The van der Waals surface area contributed by atoms with Crippen LogP contribution in [0.2, 0.25) is 0 Å². The van der Waals surface area contributed by atoms with Crippen LogP contribution in [-0.2, 0) is 11.2 Å². The van der Waals surface area contributed by atoms with E-state index in [4.69, 9.17) is 20.6 Å². The molecule has 0 bridgehead atoms. The van der Waals surface area contributed by atoms with Gasteiger partial charge in [-0.15, -0.1) is 0 Å². The van der Waals surface area contributed by atoms with Gasteiger partial charge < -0.3 is 25.6 Å². The van der Waals surface area contributed by atoms with Crippen molar-refractivity contribution in [3.63, 3.8) is 0 Å². The third-order valence-electron chi connectivity index (χ3n) is 9.40. The number of nitrogens with one attached hydrogen (secondary N) is 1. The summed E-state index contributed by atoms with van der Waals surface area (Å²) in [5, 5.41) is 8.14. The van der Waals surface area contributed by atoms with Gasteiger partial charge in [0.25, 0.3) is 5.56 Å². The van der Waals surface area contributed by atoms with Gasteiger partial charge in [-0.2, -0.15) is 13.2 Å². The number of aromatic nitrogens is 2. The molecule has 0 saturated heterocycles. The van der Waals surface area contributed by atoms with E-state index in [1.54, 1.807) is 6.20 Å². The van der Waals surface area contributed by atoms with Gasteiger partial charge in [0.05, 0.1) is 5.52 Å². The van der Waals surface area contributed by atoms with Crippen molar-refractivity contribution in [2.75, 3.05) is 25.5 Å². The number of alkyl halides is 3. The third-order valence-corrected chi connectivity index (χ3v) is 9.40. The van der Waals surface area contributed by atoms with Crippen LogP contribution >= 0.6 is 0 Å². The molecular formula is C37H44F3N5O4. The molecule has 12 heteroatoms. The highest BCUT2D eigenvalue weighted by Crippen LogP contribution is 2.42. The Morgan fingerprint density at radius 2 is 1.59 bits per heavy atom. The van der Waals surface area contributed by atoms with Gasteiger partial charge in [0, 0.05) is 64.7 Å². The van der Waals surface area contributed by atoms with Crippen LogP contribution in [0.25, 0.3) is 22.0 Å². The van der Waals surface area contributed by atoms with Crippen molar-refractivity contribution in [1.82, 2.24) is 14.9 Å². The maximum Gasteiger partial charge on any atom is 0.490 e. The fourth-order valence-electron chi connectivity index (χ4n) is 6.97. The van der Waals surface area contributed by atoms with E-state index in [0.29, 0.717) is 24.1 Å². The summed E-state index contributed by atoms with van der Waals surface area (Å²) in [7, 11) is 4.32. The van der Waals surface area contributed by atoms with E-state index >= 15 is 0 Å². The first-order valence-electron chi connectivity index (χ1n) is 16.3. The molecule has 0 radical (unpaired) electrons. The molecule has 1 saturated carbocycles. The zero-order valence-corrected chi connectivity index (χ0v) is 28.7. The SMILES string of the molecule is CCN(c1c(C)c(C(N)=O)cc(-c2cccc3cccnc23)c1Cc1c(C)cc(C)[nH]c1=O)C1CCC(N(C)C)CC1.O=C(O)C(F)(F)F. The first-order valence-corrected chi connectivity index (χ1v) is 16.3. The molecule has 0 spiro atoms. The molecule has 0 atom stereocenters. The Balaban J connectivity index is 0.000000698. The number of fused-ring (bicyclic) bond motifs is 1. The quantitative estimate of drug-likeness (QED) is 0.193. The van der Waals surface area contributed by atoms with E-state index in [0.717, 1.165) is 87.9 Å². The molecule has 0 aliphatic heterocycles. The van der Waals surface area contributed by atoms with Crippen molar-refractivity contribution in [1.29, 1.82) is 0 Å². The zero-order valence-electron chi connectivity index (χ0n) is 28.7. The van der Waals surface area contributed by atoms with Crippen LogP contribution in [0.3, 0.4) is 0 Å². The number of benzene rings is 2. The van der Waals surface area contributed by atoms with Gasteiger partial charge in [-0.1, -0.05) is 24.3 Å². The molecule has 9 nitrogen and oxygen atoms in total. The highest BCUT2D eigenvalue weighted by molar-refractivity contribution is 6.02. The number of hydrogen-bond acceptors (Lipinski definition) is 6. The van der Waals surface area contributed by atoms with Crippen molar-refractivity contribution >= 4 is 28.5 Å². The van der Waals surface area contributed by atoms with Crippen molar-refractivity contribution in [2.45, 2.75) is 78.1 Å². The summed E-state index contributed by atoms with van der Waals surface area (Å²) >= 11 is 0. The number of halogens is 3. The van der Waals surface area contributed by atoms with Crippen LogP contribution in [0.1, 0.15) is 70.9 Å². The zero-order chi connectivity index (χ0) is 36.2. The largest absolute Gasteiger partial charge is 0.490 e. The van der Waals surface area contributed by atoms with Gasteiger partial charge in [-0.05, 0) is 108 Å². The van der Waals surface area contributed by atoms with E-state index in [2.05, 4.69) is 41.9 Å². The number of aliphatic carboxylic acids is 1. The number of pyridine rings is 2. The number of nitrogens with two attached hydrogens (primary N) is 1. The minimum atomic E-state index is -5.08. The summed E-state index contributed by atoms with van der Waals surface area (Å²) in [5.41, 5.74) is 14.6. The maximum absolute atomic E-state index is 13.4. The topological polar surface area (TPSA) is 133 Å². The number of nitrogens with zero attached hydrogens (tertiary/aromatic N) is 3. The monoisotopic (exact) mass is 679 g/mol. The first-order chi connectivity index (χ1) is 23.0. The molecule has 1 amide bonds. The molecular weight excluding hydrogens is 635 g/mol. The van der Waals surface area contributed by atoms with Crippen molar-refractivity contribution in [3.05, 3.63) is 92.5 Å². The average Bonchev–Trinajstić information content (AvgIpc) is 3.04. The van der Waals surface area contributed by atoms with E-state index < -0.39 is 18.1 Å². The Morgan fingerprint density at radius 1 is 0.980 bits per heavy atom. The highest BCUT2D eigenvalue weighted by Gasteiger charge is 2.38.